The lowest BCUT2D eigenvalue weighted by Gasteiger charge is -2.35. The molecule has 0 unspecified atom stereocenters. The molecule has 158 valence electrons. The van der Waals surface area contributed by atoms with Gasteiger partial charge in [-0.05, 0) is 32.0 Å². The molecule has 29 heavy (non-hydrogen) atoms. The van der Waals surface area contributed by atoms with Gasteiger partial charge in [-0.3, -0.25) is 4.79 Å². The lowest BCUT2D eigenvalue weighted by molar-refractivity contribution is -0.116. The van der Waals surface area contributed by atoms with Crippen molar-refractivity contribution in [3.63, 3.8) is 0 Å². The maximum absolute atomic E-state index is 13.5. The van der Waals surface area contributed by atoms with E-state index in [1.54, 1.807) is 0 Å². The second-order valence-corrected chi connectivity index (χ2v) is 7.71. The van der Waals surface area contributed by atoms with E-state index in [0.29, 0.717) is 24.9 Å². The second-order valence-electron chi connectivity index (χ2n) is 7.71. The molecule has 2 fully saturated rings. The summed E-state index contributed by atoms with van der Waals surface area (Å²) in [6.07, 6.45) is 2.65. The van der Waals surface area contributed by atoms with E-state index >= 15 is 0 Å². The molecule has 1 aliphatic heterocycles. The fourth-order valence-electron chi connectivity index (χ4n) is 3.17. The predicted molar refractivity (Wildman–Crippen MR) is 105 cm³/mol. The number of aliphatic hydroxyl groups is 1. The molecule has 3 rings (SSSR count). The maximum atomic E-state index is 13.5. The highest BCUT2D eigenvalue weighted by Crippen LogP contribution is 2.45. The van der Waals surface area contributed by atoms with Crippen LogP contribution in [0.5, 0.6) is 0 Å². The van der Waals surface area contributed by atoms with E-state index in [2.05, 4.69) is 10.2 Å². The van der Waals surface area contributed by atoms with Crippen LogP contribution in [0.1, 0.15) is 12.8 Å². The molecular formula is C20H26F2N4O3. The number of hydrogen-bond donors (Lipinski definition) is 3. The monoisotopic (exact) mass is 408 g/mol. The van der Waals surface area contributed by atoms with Gasteiger partial charge < -0.3 is 30.4 Å². The number of nitrogens with one attached hydrogen (secondary N) is 2. The summed E-state index contributed by atoms with van der Waals surface area (Å²) in [6, 6.07) is 2.73. The Morgan fingerprint density at radius 1 is 1.24 bits per heavy atom. The minimum Gasteiger partial charge on any atom is -0.486 e. The molecule has 1 saturated heterocycles. The summed E-state index contributed by atoms with van der Waals surface area (Å²) in [6.45, 7) is 2.84. The Kier molecular flexibility index (Phi) is 6.49. The third-order valence-corrected chi connectivity index (χ3v) is 5.36. The molecule has 7 nitrogen and oxygen atoms in total. The van der Waals surface area contributed by atoms with E-state index in [9.17, 15) is 18.7 Å². The minimum atomic E-state index is -0.810. The lowest BCUT2D eigenvalue weighted by Crippen LogP contribution is -2.45. The fraction of sp³-hybridized carbons (Fsp3) is 0.500. The highest BCUT2D eigenvalue weighted by Gasteiger charge is 2.43. The van der Waals surface area contributed by atoms with E-state index < -0.39 is 17.5 Å². The number of anilines is 1. The van der Waals surface area contributed by atoms with Crippen molar-refractivity contribution in [2.75, 3.05) is 51.8 Å². The van der Waals surface area contributed by atoms with Gasteiger partial charge in [-0.2, -0.15) is 0 Å². The molecule has 0 bridgehead atoms. The third-order valence-electron chi connectivity index (χ3n) is 5.36. The second kappa shape index (κ2) is 8.87. The number of halogens is 2. The van der Waals surface area contributed by atoms with Crippen molar-refractivity contribution >= 4 is 17.8 Å². The molecule has 1 aromatic rings. The number of allylic oxidation sites excluding steroid dienone is 1. The van der Waals surface area contributed by atoms with E-state index in [0.717, 1.165) is 44.3 Å². The summed E-state index contributed by atoms with van der Waals surface area (Å²) in [5, 5.41) is 19.8. The summed E-state index contributed by atoms with van der Waals surface area (Å²) in [7, 11) is 1.99. The first-order valence-corrected chi connectivity index (χ1v) is 9.55. The molecule has 1 aromatic carbocycles. The number of nitrogens with zero attached hydrogens (tertiary/aromatic N) is 2. The molecule has 3 N–H and O–H groups in total. The standard InChI is InChI=1S/C20H26F2N4O3/c1-25-4-6-26(7-5-25)17(11-23)18(29-13-20(12-27)2-3-20)19(28)24-16-9-14(21)8-15(22)10-16/h8-11,23,27H,2-7,12-13H2,1H3,(H,24,28)/b18-17-,23-11?. The summed E-state index contributed by atoms with van der Waals surface area (Å²) in [5.74, 6) is -2.40. The van der Waals surface area contributed by atoms with Crippen LogP contribution >= 0.6 is 0 Å². The van der Waals surface area contributed by atoms with Crippen molar-refractivity contribution in [1.29, 1.82) is 5.41 Å². The topological polar surface area (TPSA) is 88.9 Å². The first-order valence-electron chi connectivity index (χ1n) is 9.55. The number of aliphatic hydroxyl groups excluding tert-OH is 1. The van der Waals surface area contributed by atoms with Crippen molar-refractivity contribution in [2.24, 2.45) is 5.41 Å². The van der Waals surface area contributed by atoms with Crippen molar-refractivity contribution < 1.29 is 23.4 Å². The first-order chi connectivity index (χ1) is 13.9. The molecule has 9 heteroatoms. The summed E-state index contributed by atoms with van der Waals surface area (Å²) in [4.78, 5) is 16.9. The molecule has 0 aromatic heterocycles. The number of benzene rings is 1. The number of hydrogen-bond acceptors (Lipinski definition) is 6. The predicted octanol–water partition coefficient (Wildman–Crippen LogP) is 1.80. The van der Waals surface area contributed by atoms with Gasteiger partial charge in [0.05, 0.1) is 13.2 Å². The number of piperazine rings is 1. The summed E-state index contributed by atoms with van der Waals surface area (Å²) < 4.78 is 32.8. The number of likely N-dealkylation sites (N-methyl/N-ethyl adjacent to an activating group) is 1. The van der Waals surface area contributed by atoms with Crippen LogP contribution in [-0.2, 0) is 9.53 Å². The molecule has 1 heterocycles. The maximum Gasteiger partial charge on any atom is 0.293 e. The van der Waals surface area contributed by atoms with Gasteiger partial charge in [0.2, 0.25) is 5.76 Å². The van der Waals surface area contributed by atoms with Gasteiger partial charge in [-0.15, -0.1) is 0 Å². The molecule has 1 amide bonds. The van der Waals surface area contributed by atoms with E-state index in [-0.39, 0.29) is 30.1 Å². The van der Waals surface area contributed by atoms with Crippen LogP contribution in [0.4, 0.5) is 14.5 Å². The van der Waals surface area contributed by atoms with Crippen molar-refractivity contribution in [2.45, 2.75) is 12.8 Å². The van der Waals surface area contributed by atoms with Crippen LogP contribution in [0.15, 0.2) is 29.7 Å². The highest BCUT2D eigenvalue weighted by molar-refractivity contribution is 6.05. The summed E-state index contributed by atoms with van der Waals surface area (Å²) in [5.41, 5.74) is -0.105. The quantitative estimate of drug-likeness (QED) is 0.347. The Balaban J connectivity index is 1.86. The van der Waals surface area contributed by atoms with Gasteiger partial charge in [-0.25, -0.2) is 8.78 Å². The van der Waals surface area contributed by atoms with Gasteiger partial charge in [0.15, 0.2) is 0 Å². The summed E-state index contributed by atoms with van der Waals surface area (Å²) >= 11 is 0. The van der Waals surface area contributed by atoms with Crippen LogP contribution < -0.4 is 5.32 Å². The van der Waals surface area contributed by atoms with E-state index in [4.69, 9.17) is 10.1 Å². The van der Waals surface area contributed by atoms with Gasteiger partial charge in [0.1, 0.15) is 17.3 Å². The van der Waals surface area contributed by atoms with Crippen molar-refractivity contribution in [3.05, 3.63) is 41.3 Å². The Bertz CT molecular complexity index is 783. The largest absolute Gasteiger partial charge is 0.486 e. The van der Waals surface area contributed by atoms with Crippen LogP contribution in [0.25, 0.3) is 0 Å². The number of rotatable bonds is 8. The molecule has 1 aliphatic carbocycles. The molecule has 0 radical (unpaired) electrons. The SMILES string of the molecule is CN1CCN(/C(C=N)=C(\OCC2(CO)CC2)C(=O)Nc2cc(F)cc(F)c2)CC1. The highest BCUT2D eigenvalue weighted by atomic mass is 19.1. The van der Waals surface area contributed by atoms with Crippen LogP contribution in [0, 0.1) is 22.5 Å². The van der Waals surface area contributed by atoms with E-state index in [1.165, 1.54) is 0 Å². The smallest absolute Gasteiger partial charge is 0.293 e. The average molecular weight is 408 g/mol. The van der Waals surface area contributed by atoms with Crippen molar-refractivity contribution in [1.82, 2.24) is 9.80 Å². The van der Waals surface area contributed by atoms with Crippen LogP contribution in [-0.4, -0.2) is 73.5 Å². The first kappa shape index (κ1) is 21.2. The van der Waals surface area contributed by atoms with Gasteiger partial charge in [0.25, 0.3) is 5.91 Å². The lowest BCUT2D eigenvalue weighted by atomic mass is 10.1. The third kappa shape index (κ3) is 5.30. The Morgan fingerprint density at radius 3 is 2.38 bits per heavy atom. The zero-order chi connectivity index (χ0) is 21.0. The minimum absolute atomic E-state index is 0.0420. The number of carbonyl (C=O) groups is 1. The van der Waals surface area contributed by atoms with Gasteiger partial charge in [-0.1, -0.05) is 0 Å². The average Bonchev–Trinajstić information content (AvgIpc) is 3.45. The van der Waals surface area contributed by atoms with E-state index in [1.807, 2.05) is 11.9 Å². The Labute approximate surface area is 168 Å². The number of amides is 1. The number of ether oxygens (including phenoxy) is 1. The fourth-order valence-corrected chi connectivity index (χ4v) is 3.17. The molecule has 0 spiro atoms. The van der Waals surface area contributed by atoms with Crippen molar-refractivity contribution in [3.8, 4) is 0 Å². The van der Waals surface area contributed by atoms with Crippen LogP contribution in [0.3, 0.4) is 0 Å². The molecule has 2 aliphatic rings. The Hall–Kier alpha value is -2.52. The normalized spacial score (nSPS) is 19.4. The van der Waals surface area contributed by atoms with Gasteiger partial charge in [0, 0.05) is 49.6 Å². The molecular weight excluding hydrogens is 382 g/mol. The zero-order valence-corrected chi connectivity index (χ0v) is 16.4. The van der Waals surface area contributed by atoms with Crippen LogP contribution in [0.2, 0.25) is 0 Å². The molecule has 0 atom stereocenters. The Morgan fingerprint density at radius 2 is 1.86 bits per heavy atom. The molecule has 1 saturated carbocycles. The zero-order valence-electron chi connectivity index (χ0n) is 16.4. The van der Waals surface area contributed by atoms with Gasteiger partial charge >= 0.3 is 0 Å². The number of carbonyl (C=O) groups excluding carboxylic acids is 1.